The van der Waals surface area contributed by atoms with E-state index < -0.39 is 0 Å². The van der Waals surface area contributed by atoms with Crippen molar-refractivity contribution in [2.75, 3.05) is 39.4 Å². The number of nitrogens with zero attached hydrogens (tertiary/aromatic N) is 4. The summed E-state index contributed by atoms with van der Waals surface area (Å²) in [6.07, 6.45) is 7.13. The predicted molar refractivity (Wildman–Crippen MR) is 121 cm³/mol. The molecule has 162 valence electrons. The quantitative estimate of drug-likeness (QED) is 0.583. The summed E-state index contributed by atoms with van der Waals surface area (Å²) >= 11 is 6.62. The van der Waals surface area contributed by atoms with Gasteiger partial charge in [0.1, 0.15) is 0 Å². The summed E-state index contributed by atoms with van der Waals surface area (Å²) in [6.45, 7) is 7.19. The molecule has 0 radical (unpaired) electrons. The number of guanidine groups is 1. The Labute approximate surface area is 184 Å². The normalized spacial score (nSPS) is 21.8. The molecule has 2 fully saturated rings. The van der Waals surface area contributed by atoms with Crippen LogP contribution in [0.2, 0.25) is 5.02 Å². The molecule has 2 saturated heterocycles. The Kier molecular flexibility index (Phi) is 6.64. The maximum Gasteiger partial charge on any atom is 0.193 e. The zero-order chi connectivity index (χ0) is 21.0. The van der Waals surface area contributed by atoms with Crippen molar-refractivity contribution in [3.63, 3.8) is 0 Å². The lowest BCUT2D eigenvalue weighted by molar-refractivity contribution is 0.0530. The first-order valence-corrected chi connectivity index (χ1v) is 11.3. The Bertz CT molecular complexity index is 874. The van der Waals surface area contributed by atoms with Gasteiger partial charge >= 0.3 is 0 Å². The minimum atomic E-state index is -0.0697. The van der Waals surface area contributed by atoms with E-state index in [1.807, 2.05) is 30.1 Å². The minimum Gasteiger partial charge on any atom is -0.381 e. The topological polar surface area (TPSA) is 54.7 Å². The van der Waals surface area contributed by atoms with E-state index in [-0.39, 0.29) is 5.41 Å². The van der Waals surface area contributed by atoms with Gasteiger partial charge in [-0.25, -0.2) is 0 Å². The number of likely N-dealkylation sites (tertiary alicyclic amines) is 1. The summed E-state index contributed by atoms with van der Waals surface area (Å²) < 4.78 is 7.56. The third-order valence-corrected chi connectivity index (χ3v) is 6.78. The lowest BCUT2D eigenvalue weighted by Crippen LogP contribution is -2.42. The van der Waals surface area contributed by atoms with Crippen LogP contribution in [0.15, 0.2) is 41.7 Å². The van der Waals surface area contributed by atoms with Crippen LogP contribution in [0.4, 0.5) is 0 Å². The van der Waals surface area contributed by atoms with Gasteiger partial charge in [0.2, 0.25) is 0 Å². The first-order valence-electron chi connectivity index (χ1n) is 11.0. The number of nitrogens with one attached hydrogen (secondary N) is 1. The summed E-state index contributed by atoms with van der Waals surface area (Å²) in [6, 6.07) is 8.22. The molecule has 2 aliphatic rings. The molecule has 0 saturated carbocycles. The molecule has 30 heavy (non-hydrogen) atoms. The van der Waals surface area contributed by atoms with Crippen LogP contribution in [0.1, 0.15) is 43.2 Å². The molecule has 3 heterocycles. The van der Waals surface area contributed by atoms with Gasteiger partial charge in [0.05, 0.1) is 12.7 Å². The molecule has 0 spiro atoms. The Morgan fingerprint density at radius 2 is 2.13 bits per heavy atom. The molecule has 1 aromatic carbocycles. The van der Waals surface area contributed by atoms with E-state index in [4.69, 9.17) is 21.3 Å². The molecular formula is C23H32ClN5O. The van der Waals surface area contributed by atoms with E-state index in [0.717, 1.165) is 69.6 Å². The number of hydrogen-bond donors (Lipinski definition) is 1. The standard InChI is InChI=1S/C23H32ClN5O/c1-3-25-22(29-11-8-18(16-29)19-14-27-28(2)15-19)26-17-23(9-12-30-13-10-23)20-6-4-5-7-21(20)24/h4-7,14-15,18H,3,8-13,16-17H2,1-2H3,(H,25,26). The van der Waals surface area contributed by atoms with Gasteiger partial charge in [0, 0.05) is 62.4 Å². The molecular weight excluding hydrogens is 398 g/mol. The highest BCUT2D eigenvalue weighted by atomic mass is 35.5. The zero-order valence-electron chi connectivity index (χ0n) is 18.0. The highest BCUT2D eigenvalue weighted by Crippen LogP contribution is 2.39. The summed E-state index contributed by atoms with van der Waals surface area (Å²) in [4.78, 5) is 7.53. The molecule has 2 aromatic rings. The van der Waals surface area contributed by atoms with Gasteiger partial charge in [-0.05, 0) is 43.4 Å². The maximum absolute atomic E-state index is 6.62. The van der Waals surface area contributed by atoms with Crippen LogP contribution in [0, 0.1) is 0 Å². The first-order chi connectivity index (χ1) is 14.6. The lowest BCUT2D eigenvalue weighted by Gasteiger charge is -2.37. The molecule has 1 N–H and O–H groups in total. The molecule has 1 aromatic heterocycles. The lowest BCUT2D eigenvalue weighted by atomic mass is 9.74. The molecule has 1 atom stereocenters. The van der Waals surface area contributed by atoms with Crippen LogP contribution in [-0.2, 0) is 17.2 Å². The number of rotatable bonds is 5. The van der Waals surface area contributed by atoms with Gasteiger partial charge in [-0.3, -0.25) is 9.67 Å². The maximum atomic E-state index is 6.62. The summed E-state index contributed by atoms with van der Waals surface area (Å²) in [5.41, 5.74) is 2.44. The van der Waals surface area contributed by atoms with Crippen molar-refractivity contribution < 1.29 is 4.74 Å². The summed E-state index contributed by atoms with van der Waals surface area (Å²) in [5.74, 6) is 1.50. The number of halogens is 1. The van der Waals surface area contributed by atoms with Gasteiger partial charge in [-0.1, -0.05) is 29.8 Å². The largest absolute Gasteiger partial charge is 0.381 e. The van der Waals surface area contributed by atoms with Crippen molar-refractivity contribution in [2.24, 2.45) is 12.0 Å². The van der Waals surface area contributed by atoms with Gasteiger partial charge in [-0.2, -0.15) is 5.10 Å². The second-order valence-electron chi connectivity index (χ2n) is 8.42. The average Bonchev–Trinajstić information content (AvgIpc) is 3.41. The fourth-order valence-corrected chi connectivity index (χ4v) is 5.03. The number of hydrogen-bond acceptors (Lipinski definition) is 3. The van der Waals surface area contributed by atoms with Crippen molar-refractivity contribution in [1.29, 1.82) is 0 Å². The minimum absolute atomic E-state index is 0.0697. The van der Waals surface area contributed by atoms with Crippen LogP contribution in [-0.4, -0.2) is 60.0 Å². The first kappa shape index (κ1) is 21.2. The van der Waals surface area contributed by atoms with Crippen molar-refractivity contribution in [2.45, 2.75) is 37.5 Å². The van der Waals surface area contributed by atoms with Crippen LogP contribution in [0.25, 0.3) is 0 Å². The van der Waals surface area contributed by atoms with Crippen molar-refractivity contribution in [1.82, 2.24) is 20.0 Å². The van der Waals surface area contributed by atoms with E-state index in [9.17, 15) is 0 Å². The van der Waals surface area contributed by atoms with Crippen molar-refractivity contribution >= 4 is 17.6 Å². The van der Waals surface area contributed by atoms with E-state index in [0.29, 0.717) is 5.92 Å². The van der Waals surface area contributed by atoms with Gasteiger partial charge in [0.25, 0.3) is 0 Å². The van der Waals surface area contributed by atoms with E-state index in [1.54, 1.807) is 0 Å². The summed E-state index contributed by atoms with van der Waals surface area (Å²) in [5, 5.41) is 8.69. The van der Waals surface area contributed by atoms with Gasteiger partial charge < -0.3 is 15.0 Å². The molecule has 6 nitrogen and oxygen atoms in total. The van der Waals surface area contributed by atoms with Gasteiger partial charge in [-0.15, -0.1) is 0 Å². The molecule has 0 amide bonds. The van der Waals surface area contributed by atoms with Crippen LogP contribution >= 0.6 is 11.6 Å². The zero-order valence-corrected chi connectivity index (χ0v) is 18.7. The summed E-state index contributed by atoms with van der Waals surface area (Å²) in [7, 11) is 1.98. The fraction of sp³-hybridized carbons (Fsp3) is 0.565. The Hall–Kier alpha value is -2.05. The number of benzene rings is 1. The monoisotopic (exact) mass is 429 g/mol. The molecule has 0 aliphatic carbocycles. The molecule has 4 rings (SSSR count). The highest BCUT2D eigenvalue weighted by Gasteiger charge is 2.36. The second-order valence-corrected chi connectivity index (χ2v) is 8.83. The molecule has 2 aliphatic heterocycles. The number of aromatic nitrogens is 2. The van der Waals surface area contributed by atoms with Crippen LogP contribution in [0.5, 0.6) is 0 Å². The third-order valence-electron chi connectivity index (χ3n) is 6.45. The predicted octanol–water partition coefficient (Wildman–Crippen LogP) is 3.58. The Morgan fingerprint density at radius 3 is 2.83 bits per heavy atom. The smallest absolute Gasteiger partial charge is 0.193 e. The SMILES string of the molecule is CCNC(=NCC1(c2ccccc2Cl)CCOCC1)N1CCC(c2cnn(C)c2)C1. The second kappa shape index (κ2) is 9.40. The molecule has 1 unspecified atom stereocenters. The van der Waals surface area contributed by atoms with Crippen molar-refractivity contribution in [3.05, 3.63) is 52.8 Å². The van der Waals surface area contributed by atoms with Gasteiger partial charge in [0.15, 0.2) is 5.96 Å². The van der Waals surface area contributed by atoms with E-state index in [1.165, 1.54) is 11.1 Å². The van der Waals surface area contributed by atoms with Crippen LogP contribution in [0.3, 0.4) is 0 Å². The van der Waals surface area contributed by atoms with E-state index >= 15 is 0 Å². The Morgan fingerprint density at radius 1 is 1.33 bits per heavy atom. The third kappa shape index (κ3) is 4.49. The average molecular weight is 430 g/mol. The number of aliphatic imine (C=N–C) groups is 1. The molecule has 0 bridgehead atoms. The fourth-order valence-electron chi connectivity index (χ4n) is 4.69. The Balaban J connectivity index is 1.54. The number of aryl methyl sites for hydroxylation is 1. The van der Waals surface area contributed by atoms with E-state index in [2.05, 4.69) is 40.6 Å². The van der Waals surface area contributed by atoms with Crippen LogP contribution < -0.4 is 5.32 Å². The number of ether oxygens (including phenoxy) is 1. The molecule has 7 heteroatoms. The van der Waals surface area contributed by atoms with Crippen molar-refractivity contribution in [3.8, 4) is 0 Å². The highest BCUT2D eigenvalue weighted by molar-refractivity contribution is 6.31.